The van der Waals surface area contributed by atoms with Gasteiger partial charge in [0.2, 0.25) is 0 Å². The largest absolute Gasteiger partial charge is 0.362 e. The van der Waals surface area contributed by atoms with Gasteiger partial charge in [0.1, 0.15) is 0 Å². The Balaban J connectivity index is 1.90. The molecule has 3 heteroatoms. The number of benzene rings is 1. The van der Waals surface area contributed by atoms with Crippen molar-refractivity contribution in [2.24, 2.45) is 0 Å². The fraction of sp³-hybridized carbons (Fsp3) is 0.250. The number of hydrazine groups is 1. The highest BCUT2D eigenvalue weighted by atomic mass is 16.7. The van der Waals surface area contributed by atoms with Gasteiger partial charge in [0.25, 0.3) is 0 Å². The van der Waals surface area contributed by atoms with E-state index in [1.54, 1.807) is 5.17 Å². The average molecular weight is 203 g/mol. The molecule has 1 aromatic rings. The van der Waals surface area contributed by atoms with Gasteiger partial charge in [-0.2, -0.15) is 0 Å². The van der Waals surface area contributed by atoms with Gasteiger partial charge < -0.3 is 4.84 Å². The van der Waals surface area contributed by atoms with E-state index in [0.717, 1.165) is 30.7 Å². The van der Waals surface area contributed by atoms with E-state index in [9.17, 15) is 0 Å². The summed E-state index contributed by atoms with van der Waals surface area (Å²) in [5.74, 6) is 0.961. The number of nitrogens with one attached hydrogen (secondary N) is 1. The normalized spacial score (nSPS) is 14.5. The minimum atomic E-state index is 0.930. The van der Waals surface area contributed by atoms with Crippen LogP contribution in [0.25, 0.3) is 0 Å². The Labute approximate surface area is 90.3 Å². The molecular weight excluding hydrogens is 188 g/mol. The third-order valence-electron chi connectivity index (χ3n) is 2.22. The molecule has 15 heavy (non-hydrogen) atoms. The lowest BCUT2D eigenvalue weighted by molar-refractivity contribution is 0.182. The zero-order valence-electron chi connectivity index (χ0n) is 8.65. The molecule has 0 spiro atoms. The van der Waals surface area contributed by atoms with E-state index in [-0.39, 0.29) is 0 Å². The van der Waals surface area contributed by atoms with Crippen molar-refractivity contribution < 1.29 is 4.84 Å². The number of para-hydroxylation sites is 1. The fourth-order valence-corrected chi connectivity index (χ4v) is 1.41. The second-order valence-electron chi connectivity index (χ2n) is 3.42. The zero-order valence-corrected chi connectivity index (χ0v) is 8.65. The van der Waals surface area contributed by atoms with Crippen molar-refractivity contribution in [1.82, 2.24) is 5.43 Å². The number of hydrogen-bond donors (Lipinski definition) is 1. The van der Waals surface area contributed by atoms with Crippen LogP contribution < -0.4 is 10.6 Å². The van der Waals surface area contributed by atoms with Crippen LogP contribution in [0.2, 0.25) is 0 Å². The lowest BCUT2D eigenvalue weighted by atomic mass is 10.2. The molecule has 0 amide bonds. The molecule has 0 fully saturated rings. The first-order valence-electron chi connectivity index (χ1n) is 5.18. The summed E-state index contributed by atoms with van der Waals surface area (Å²) < 4.78 is 0. The zero-order chi connectivity index (χ0) is 10.5. The minimum absolute atomic E-state index is 0.930. The Morgan fingerprint density at radius 2 is 2.07 bits per heavy atom. The molecule has 0 aromatic heterocycles. The van der Waals surface area contributed by atoms with E-state index in [1.165, 1.54) is 0 Å². The highest BCUT2D eigenvalue weighted by molar-refractivity contribution is 5.43. The third kappa shape index (κ3) is 2.43. The van der Waals surface area contributed by atoms with Crippen molar-refractivity contribution in [3.8, 4) is 0 Å². The SMILES string of the molecule is [CH2]CCCC1=CNN(c2ccccc2)O1. The lowest BCUT2D eigenvalue weighted by Gasteiger charge is -2.17. The van der Waals surface area contributed by atoms with Crippen LogP contribution in [0, 0.1) is 6.92 Å². The van der Waals surface area contributed by atoms with E-state index < -0.39 is 0 Å². The van der Waals surface area contributed by atoms with Crippen molar-refractivity contribution in [1.29, 1.82) is 0 Å². The molecule has 1 aliphatic rings. The molecule has 3 nitrogen and oxygen atoms in total. The van der Waals surface area contributed by atoms with E-state index >= 15 is 0 Å². The topological polar surface area (TPSA) is 24.5 Å². The monoisotopic (exact) mass is 203 g/mol. The van der Waals surface area contributed by atoms with Gasteiger partial charge in [-0.25, -0.2) is 0 Å². The summed E-state index contributed by atoms with van der Waals surface area (Å²) in [5.41, 5.74) is 4.06. The van der Waals surface area contributed by atoms with Crippen LogP contribution in [0.1, 0.15) is 19.3 Å². The molecule has 1 aliphatic heterocycles. The van der Waals surface area contributed by atoms with Crippen molar-refractivity contribution in [3.63, 3.8) is 0 Å². The molecule has 2 rings (SSSR count). The molecule has 1 N–H and O–H groups in total. The van der Waals surface area contributed by atoms with Crippen LogP contribution in [0.3, 0.4) is 0 Å². The van der Waals surface area contributed by atoms with Crippen LogP contribution in [-0.2, 0) is 4.84 Å². The Morgan fingerprint density at radius 1 is 1.27 bits per heavy atom. The summed E-state index contributed by atoms with van der Waals surface area (Å²) in [4.78, 5) is 5.61. The average Bonchev–Trinajstić information content (AvgIpc) is 2.76. The standard InChI is InChI=1S/C12H15N2O/c1-2-3-9-12-10-13-14(15-12)11-7-5-4-6-8-11/h4-8,10,13H,1-3,9H2. The minimum Gasteiger partial charge on any atom is -0.362 e. The first-order valence-corrected chi connectivity index (χ1v) is 5.18. The molecule has 1 radical (unpaired) electrons. The smallest absolute Gasteiger partial charge is 0.152 e. The Bertz CT molecular complexity index is 335. The van der Waals surface area contributed by atoms with Crippen LogP contribution in [-0.4, -0.2) is 0 Å². The predicted molar refractivity (Wildman–Crippen MR) is 60.4 cm³/mol. The third-order valence-corrected chi connectivity index (χ3v) is 2.22. The number of rotatable bonds is 4. The number of unbranched alkanes of at least 4 members (excludes halogenated alkanes) is 1. The van der Waals surface area contributed by atoms with Gasteiger partial charge in [0.05, 0.1) is 11.9 Å². The van der Waals surface area contributed by atoms with Gasteiger partial charge in [-0.1, -0.05) is 31.5 Å². The summed E-state index contributed by atoms with van der Waals surface area (Å²) in [6.07, 6.45) is 4.81. The number of nitrogens with zero attached hydrogens (tertiary/aromatic N) is 1. The van der Waals surface area contributed by atoms with E-state index in [0.29, 0.717) is 0 Å². The number of anilines is 1. The van der Waals surface area contributed by atoms with Gasteiger partial charge in [0, 0.05) is 6.42 Å². The summed E-state index contributed by atoms with van der Waals surface area (Å²) in [6, 6.07) is 9.93. The highest BCUT2D eigenvalue weighted by Gasteiger charge is 2.14. The van der Waals surface area contributed by atoms with Gasteiger partial charge in [-0.15, -0.1) is 5.17 Å². The second kappa shape index (κ2) is 4.73. The Kier molecular flexibility index (Phi) is 3.12. The van der Waals surface area contributed by atoms with Crippen molar-refractivity contribution in [2.75, 3.05) is 5.17 Å². The van der Waals surface area contributed by atoms with E-state index in [2.05, 4.69) is 12.3 Å². The van der Waals surface area contributed by atoms with Gasteiger partial charge in [-0.05, 0) is 18.6 Å². The predicted octanol–water partition coefficient (Wildman–Crippen LogP) is 2.79. The van der Waals surface area contributed by atoms with Crippen molar-refractivity contribution in [2.45, 2.75) is 19.3 Å². The fourth-order valence-electron chi connectivity index (χ4n) is 1.41. The summed E-state index contributed by atoms with van der Waals surface area (Å²) >= 11 is 0. The molecule has 0 saturated heterocycles. The molecule has 1 heterocycles. The van der Waals surface area contributed by atoms with Crippen LogP contribution >= 0.6 is 0 Å². The van der Waals surface area contributed by atoms with Gasteiger partial charge >= 0.3 is 0 Å². The molecule has 0 unspecified atom stereocenters. The molecule has 0 bridgehead atoms. The maximum Gasteiger partial charge on any atom is 0.152 e. The number of hydrogen-bond acceptors (Lipinski definition) is 3. The van der Waals surface area contributed by atoms with E-state index in [1.807, 2.05) is 36.5 Å². The first-order chi connectivity index (χ1) is 7.40. The summed E-state index contributed by atoms with van der Waals surface area (Å²) in [6.45, 7) is 3.81. The van der Waals surface area contributed by atoms with Crippen LogP contribution in [0.15, 0.2) is 42.3 Å². The van der Waals surface area contributed by atoms with Crippen molar-refractivity contribution >= 4 is 5.69 Å². The molecule has 79 valence electrons. The Hall–Kier alpha value is -1.64. The van der Waals surface area contributed by atoms with Crippen molar-refractivity contribution in [3.05, 3.63) is 49.2 Å². The number of allylic oxidation sites excluding steroid dienone is 1. The maximum atomic E-state index is 5.61. The highest BCUT2D eigenvalue weighted by Crippen LogP contribution is 2.20. The molecule has 0 aliphatic carbocycles. The maximum absolute atomic E-state index is 5.61. The molecule has 0 atom stereocenters. The van der Waals surface area contributed by atoms with Gasteiger partial charge in [-0.3, -0.25) is 5.43 Å². The van der Waals surface area contributed by atoms with Gasteiger partial charge in [0.15, 0.2) is 5.76 Å². The molecule has 1 aromatic carbocycles. The summed E-state index contributed by atoms with van der Waals surface area (Å²) in [5, 5.41) is 1.67. The van der Waals surface area contributed by atoms with E-state index in [4.69, 9.17) is 4.84 Å². The molecular formula is C12H15N2O. The second-order valence-corrected chi connectivity index (χ2v) is 3.42. The molecule has 0 saturated carbocycles. The summed E-state index contributed by atoms with van der Waals surface area (Å²) in [7, 11) is 0. The van der Waals surface area contributed by atoms with Crippen LogP contribution in [0.5, 0.6) is 0 Å². The first kappa shape index (κ1) is 9.90. The Morgan fingerprint density at radius 3 is 2.80 bits per heavy atom. The lowest BCUT2D eigenvalue weighted by Crippen LogP contribution is -2.27. The van der Waals surface area contributed by atoms with Crippen LogP contribution in [0.4, 0.5) is 5.69 Å². The quantitative estimate of drug-likeness (QED) is 0.814.